The Bertz CT molecular complexity index is 660. The molecule has 4 nitrogen and oxygen atoms in total. The second kappa shape index (κ2) is 5.40. The number of hydrogen-bond acceptors (Lipinski definition) is 4. The molecular weight excluding hydrogens is 280 g/mol. The van der Waals surface area contributed by atoms with Gasteiger partial charge in [0.2, 0.25) is 10.0 Å². The fourth-order valence-corrected chi connectivity index (χ4v) is 3.58. The lowest BCUT2D eigenvalue weighted by atomic mass is 10.2. The van der Waals surface area contributed by atoms with E-state index in [0.717, 1.165) is 16.3 Å². The summed E-state index contributed by atoms with van der Waals surface area (Å²) in [6.07, 6.45) is 0. The average molecular weight is 296 g/mol. The van der Waals surface area contributed by atoms with Crippen LogP contribution in [0.4, 0.5) is 0 Å². The van der Waals surface area contributed by atoms with Crippen LogP contribution < -0.4 is 4.72 Å². The largest absolute Gasteiger partial charge is 0.245 e. The number of nitrogens with one attached hydrogen (secondary N) is 1. The second-order valence-electron chi connectivity index (χ2n) is 4.45. The first kappa shape index (κ1) is 14.2. The molecular formula is C13H16N2O2S2. The predicted octanol–water partition coefficient (Wildman–Crippen LogP) is 2.80. The highest BCUT2D eigenvalue weighted by Gasteiger charge is 2.19. The molecule has 0 saturated carbocycles. The molecule has 2 rings (SSSR count). The third-order valence-corrected chi connectivity index (χ3v) is 5.09. The zero-order valence-corrected chi connectivity index (χ0v) is 12.7. The van der Waals surface area contributed by atoms with E-state index < -0.39 is 10.0 Å². The van der Waals surface area contributed by atoms with Crippen LogP contribution >= 0.6 is 11.3 Å². The van der Waals surface area contributed by atoms with Crippen LogP contribution in [0.1, 0.15) is 29.2 Å². The van der Waals surface area contributed by atoms with Gasteiger partial charge in [-0.2, -0.15) is 0 Å². The first-order valence-electron chi connectivity index (χ1n) is 5.89. The highest BCUT2D eigenvalue weighted by atomic mass is 32.2. The molecule has 1 aromatic heterocycles. The van der Waals surface area contributed by atoms with Crippen LogP contribution in [0.5, 0.6) is 0 Å². The highest BCUT2D eigenvalue weighted by molar-refractivity contribution is 7.89. The van der Waals surface area contributed by atoms with Crippen LogP contribution in [0, 0.1) is 13.8 Å². The SMILES string of the molecule is Cc1ccc(S(=O)(=O)NC(C)c2csc(C)n2)cc1. The van der Waals surface area contributed by atoms with Crippen molar-refractivity contribution in [3.8, 4) is 0 Å². The highest BCUT2D eigenvalue weighted by Crippen LogP contribution is 2.19. The Balaban J connectivity index is 2.19. The normalized spacial score (nSPS) is 13.4. The van der Waals surface area contributed by atoms with E-state index in [9.17, 15) is 8.42 Å². The summed E-state index contributed by atoms with van der Waals surface area (Å²) in [6.45, 7) is 5.61. The number of aromatic nitrogens is 1. The van der Waals surface area contributed by atoms with Gasteiger partial charge in [0.25, 0.3) is 0 Å². The van der Waals surface area contributed by atoms with Gasteiger partial charge in [-0.05, 0) is 32.9 Å². The smallest absolute Gasteiger partial charge is 0.241 e. The van der Waals surface area contributed by atoms with E-state index in [1.807, 2.05) is 19.2 Å². The van der Waals surface area contributed by atoms with Gasteiger partial charge in [0.15, 0.2) is 0 Å². The zero-order chi connectivity index (χ0) is 14.0. The zero-order valence-electron chi connectivity index (χ0n) is 11.0. The number of nitrogens with zero attached hydrogens (tertiary/aromatic N) is 1. The Morgan fingerprint density at radius 1 is 1.21 bits per heavy atom. The summed E-state index contributed by atoms with van der Waals surface area (Å²) >= 11 is 1.51. The fourth-order valence-electron chi connectivity index (χ4n) is 1.66. The minimum absolute atomic E-state index is 0.275. The van der Waals surface area contributed by atoms with Crippen LogP contribution in [-0.4, -0.2) is 13.4 Å². The van der Waals surface area contributed by atoms with Gasteiger partial charge < -0.3 is 0 Å². The Morgan fingerprint density at radius 3 is 2.37 bits per heavy atom. The van der Waals surface area contributed by atoms with E-state index in [1.165, 1.54) is 11.3 Å². The third-order valence-electron chi connectivity index (χ3n) is 2.74. The van der Waals surface area contributed by atoms with E-state index in [4.69, 9.17) is 0 Å². The van der Waals surface area contributed by atoms with E-state index in [-0.39, 0.29) is 10.9 Å². The van der Waals surface area contributed by atoms with Crippen molar-refractivity contribution in [2.45, 2.75) is 31.7 Å². The molecule has 102 valence electrons. The Hall–Kier alpha value is -1.24. The van der Waals surface area contributed by atoms with Gasteiger partial charge in [0.1, 0.15) is 0 Å². The van der Waals surface area contributed by atoms with Crippen LogP contribution in [0.2, 0.25) is 0 Å². The van der Waals surface area contributed by atoms with Gasteiger partial charge in [-0.1, -0.05) is 17.7 Å². The van der Waals surface area contributed by atoms with Crippen LogP contribution in [0.25, 0.3) is 0 Å². The molecule has 0 aliphatic carbocycles. The van der Waals surface area contributed by atoms with Gasteiger partial charge in [0, 0.05) is 5.38 Å². The van der Waals surface area contributed by atoms with Crippen molar-refractivity contribution in [1.82, 2.24) is 9.71 Å². The maximum Gasteiger partial charge on any atom is 0.241 e. The molecule has 0 amide bonds. The van der Waals surface area contributed by atoms with E-state index >= 15 is 0 Å². The predicted molar refractivity (Wildman–Crippen MR) is 76.8 cm³/mol. The number of benzene rings is 1. The molecule has 1 unspecified atom stereocenters. The van der Waals surface area contributed by atoms with Crippen molar-refractivity contribution < 1.29 is 8.42 Å². The molecule has 19 heavy (non-hydrogen) atoms. The molecule has 1 aromatic carbocycles. The molecule has 0 saturated heterocycles. The van der Waals surface area contributed by atoms with E-state index in [2.05, 4.69) is 9.71 Å². The summed E-state index contributed by atoms with van der Waals surface area (Å²) < 4.78 is 27.0. The van der Waals surface area contributed by atoms with Crippen molar-refractivity contribution in [3.05, 3.63) is 45.9 Å². The summed E-state index contributed by atoms with van der Waals surface area (Å²) in [7, 11) is -3.50. The number of hydrogen-bond donors (Lipinski definition) is 1. The first-order valence-corrected chi connectivity index (χ1v) is 8.26. The summed E-state index contributed by atoms with van der Waals surface area (Å²) in [5.41, 5.74) is 1.78. The minimum atomic E-state index is -3.50. The topological polar surface area (TPSA) is 59.1 Å². The second-order valence-corrected chi connectivity index (χ2v) is 7.22. The molecule has 1 heterocycles. The number of aryl methyl sites for hydroxylation is 2. The average Bonchev–Trinajstić information content (AvgIpc) is 2.76. The minimum Gasteiger partial charge on any atom is -0.245 e. The third kappa shape index (κ3) is 3.40. The lowest BCUT2D eigenvalue weighted by molar-refractivity contribution is 0.564. The van der Waals surface area contributed by atoms with Crippen LogP contribution in [-0.2, 0) is 10.0 Å². The van der Waals surface area contributed by atoms with Crippen molar-refractivity contribution in [3.63, 3.8) is 0 Å². The van der Waals surface area contributed by atoms with Gasteiger partial charge in [-0.15, -0.1) is 11.3 Å². The summed E-state index contributed by atoms with van der Waals surface area (Å²) in [5, 5.41) is 2.80. The molecule has 6 heteroatoms. The van der Waals surface area contributed by atoms with Crippen molar-refractivity contribution in [1.29, 1.82) is 0 Å². The molecule has 1 atom stereocenters. The van der Waals surface area contributed by atoms with Gasteiger partial charge in [-0.25, -0.2) is 18.1 Å². The molecule has 0 aliphatic heterocycles. The Kier molecular flexibility index (Phi) is 4.03. The molecule has 2 aromatic rings. The maximum absolute atomic E-state index is 12.2. The van der Waals surface area contributed by atoms with Gasteiger partial charge in [-0.3, -0.25) is 0 Å². The van der Waals surface area contributed by atoms with Gasteiger partial charge >= 0.3 is 0 Å². The number of thiazole rings is 1. The van der Waals surface area contributed by atoms with E-state index in [1.54, 1.807) is 31.2 Å². The summed E-state index contributed by atoms with van der Waals surface area (Å²) in [4.78, 5) is 4.57. The molecule has 0 radical (unpaired) electrons. The van der Waals surface area contributed by atoms with Gasteiger partial charge in [0.05, 0.1) is 21.6 Å². The monoisotopic (exact) mass is 296 g/mol. The molecule has 0 spiro atoms. The fraction of sp³-hybridized carbons (Fsp3) is 0.308. The van der Waals surface area contributed by atoms with Crippen LogP contribution in [0.15, 0.2) is 34.5 Å². The van der Waals surface area contributed by atoms with Crippen molar-refractivity contribution in [2.24, 2.45) is 0 Å². The van der Waals surface area contributed by atoms with Crippen molar-refractivity contribution in [2.75, 3.05) is 0 Å². The lowest BCUT2D eigenvalue weighted by Gasteiger charge is -2.12. The Labute approximate surface area is 117 Å². The summed E-state index contributed by atoms with van der Waals surface area (Å²) in [5.74, 6) is 0. The Morgan fingerprint density at radius 2 is 1.84 bits per heavy atom. The first-order chi connectivity index (χ1) is 8.88. The number of sulfonamides is 1. The quantitative estimate of drug-likeness (QED) is 0.944. The van der Waals surface area contributed by atoms with E-state index in [0.29, 0.717) is 0 Å². The van der Waals surface area contributed by atoms with Crippen LogP contribution in [0.3, 0.4) is 0 Å². The summed E-state index contributed by atoms with van der Waals surface area (Å²) in [6, 6.07) is 6.45. The van der Waals surface area contributed by atoms with Crippen molar-refractivity contribution >= 4 is 21.4 Å². The lowest BCUT2D eigenvalue weighted by Crippen LogP contribution is -2.27. The molecule has 0 fully saturated rings. The standard InChI is InChI=1S/C13H16N2O2S2/c1-9-4-6-12(7-5-9)19(16,17)15-10(2)13-8-18-11(3)14-13/h4-8,10,15H,1-3H3. The maximum atomic E-state index is 12.2. The molecule has 0 bridgehead atoms. The number of rotatable bonds is 4. The molecule has 0 aliphatic rings. The molecule has 1 N–H and O–H groups in total.